The number of sulfonamides is 1. The Hall–Kier alpha value is -2.51. The van der Waals surface area contributed by atoms with Gasteiger partial charge < -0.3 is 4.52 Å². The quantitative estimate of drug-likeness (QED) is 0.638. The van der Waals surface area contributed by atoms with Crippen LogP contribution in [0, 0.1) is 6.92 Å². The summed E-state index contributed by atoms with van der Waals surface area (Å²) < 4.78 is 30.8. The number of benzene rings is 2. The first kappa shape index (κ1) is 18.3. The highest BCUT2D eigenvalue weighted by Gasteiger charge is 2.20. The molecule has 0 atom stereocenters. The summed E-state index contributed by atoms with van der Waals surface area (Å²) in [4.78, 5) is 4.33. The lowest BCUT2D eigenvalue weighted by atomic mass is 10.1. The van der Waals surface area contributed by atoms with Gasteiger partial charge in [-0.3, -0.25) is 0 Å². The maximum Gasteiger partial charge on any atom is 0.242 e. The second-order valence-electron chi connectivity index (χ2n) is 6.21. The fraction of sp³-hybridized carbons (Fsp3) is 0.263. The zero-order valence-electron chi connectivity index (χ0n) is 14.8. The number of hydrogen-bond donors (Lipinski definition) is 0. The summed E-state index contributed by atoms with van der Waals surface area (Å²) in [5, 5.41) is 3.96. The van der Waals surface area contributed by atoms with Crippen molar-refractivity contribution in [2.75, 3.05) is 12.8 Å². The lowest BCUT2D eigenvalue weighted by Crippen LogP contribution is -2.31. The molecule has 0 spiro atoms. The van der Waals surface area contributed by atoms with Crippen LogP contribution in [-0.2, 0) is 23.0 Å². The van der Waals surface area contributed by atoms with E-state index in [0.717, 1.165) is 16.7 Å². The predicted molar refractivity (Wildman–Crippen MR) is 99.9 cm³/mol. The molecule has 1 aromatic heterocycles. The van der Waals surface area contributed by atoms with Crippen molar-refractivity contribution in [3.8, 4) is 11.4 Å². The molecule has 0 amide bonds. The molecule has 136 valence electrons. The third-order valence-electron chi connectivity index (χ3n) is 4.05. The van der Waals surface area contributed by atoms with Crippen LogP contribution in [0.5, 0.6) is 0 Å². The van der Waals surface area contributed by atoms with Gasteiger partial charge in [-0.2, -0.15) is 9.29 Å². The molecule has 0 aliphatic rings. The lowest BCUT2D eigenvalue weighted by molar-refractivity contribution is 0.318. The molecule has 0 aliphatic heterocycles. The van der Waals surface area contributed by atoms with Crippen LogP contribution < -0.4 is 0 Å². The van der Waals surface area contributed by atoms with E-state index in [4.69, 9.17) is 4.52 Å². The van der Waals surface area contributed by atoms with Crippen LogP contribution in [0.2, 0.25) is 0 Å². The minimum absolute atomic E-state index is 0.0600. The maximum atomic E-state index is 12.1. The molecule has 0 fully saturated rings. The second-order valence-corrected chi connectivity index (χ2v) is 8.19. The van der Waals surface area contributed by atoms with Crippen LogP contribution in [0.25, 0.3) is 11.4 Å². The molecule has 0 radical (unpaired) electrons. The van der Waals surface area contributed by atoms with Crippen LogP contribution >= 0.6 is 0 Å². The number of aromatic nitrogens is 2. The highest BCUT2D eigenvalue weighted by Crippen LogP contribution is 2.17. The van der Waals surface area contributed by atoms with Gasteiger partial charge in [-0.15, -0.1) is 0 Å². The maximum absolute atomic E-state index is 12.1. The minimum Gasteiger partial charge on any atom is -0.338 e. The lowest BCUT2D eigenvalue weighted by Gasteiger charge is -2.17. The molecule has 6 nitrogen and oxygen atoms in total. The molecule has 26 heavy (non-hydrogen) atoms. The zero-order valence-corrected chi connectivity index (χ0v) is 15.6. The second kappa shape index (κ2) is 7.80. The van der Waals surface area contributed by atoms with Gasteiger partial charge in [0.05, 0.1) is 12.8 Å². The summed E-state index contributed by atoms with van der Waals surface area (Å²) >= 11 is 0. The number of hydrogen-bond acceptors (Lipinski definition) is 5. The van der Waals surface area contributed by atoms with Crippen molar-refractivity contribution in [3.63, 3.8) is 0 Å². The van der Waals surface area contributed by atoms with Crippen molar-refractivity contribution in [3.05, 3.63) is 71.6 Å². The first-order valence-electron chi connectivity index (χ1n) is 8.30. The van der Waals surface area contributed by atoms with Crippen LogP contribution in [0.3, 0.4) is 0 Å². The summed E-state index contributed by atoms with van der Waals surface area (Å²) in [5.41, 5.74) is 3.05. The molecule has 7 heteroatoms. The fourth-order valence-electron chi connectivity index (χ4n) is 2.55. The topological polar surface area (TPSA) is 76.3 Å². The fourth-order valence-corrected chi connectivity index (χ4v) is 3.32. The van der Waals surface area contributed by atoms with Crippen molar-refractivity contribution in [2.24, 2.45) is 0 Å². The molecular weight excluding hydrogens is 350 g/mol. The van der Waals surface area contributed by atoms with E-state index in [2.05, 4.69) is 10.1 Å². The van der Waals surface area contributed by atoms with Crippen LogP contribution in [0.15, 0.2) is 59.1 Å². The van der Waals surface area contributed by atoms with Crippen LogP contribution in [0.1, 0.15) is 17.0 Å². The zero-order chi connectivity index (χ0) is 18.6. The van der Waals surface area contributed by atoms with E-state index in [9.17, 15) is 8.42 Å². The van der Waals surface area contributed by atoms with Crippen molar-refractivity contribution in [2.45, 2.75) is 19.9 Å². The Kier molecular flexibility index (Phi) is 5.49. The summed E-state index contributed by atoms with van der Waals surface area (Å²) in [7, 11) is -3.39. The highest BCUT2D eigenvalue weighted by atomic mass is 32.2. The summed E-state index contributed by atoms with van der Waals surface area (Å²) in [6.07, 6.45) is 1.81. The molecule has 0 unspecified atom stereocenters. The van der Waals surface area contributed by atoms with Crippen molar-refractivity contribution in [1.82, 2.24) is 14.4 Å². The molecule has 0 saturated heterocycles. The Morgan fingerprint density at radius 1 is 1.04 bits per heavy atom. The SMILES string of the molecule is Cc1ccc(-c2noc(CN(CCc3ccccc3)S(C)(=O)=O)n2)cc1. The molecule has 0 bridgehead atoms. The largest absolute Gasteiger partial charge is 0.338 e. The van der Waals surface area contributed by atoms with E-state index in [1.54, 1.807) is 0 Å². The first-order chi connectivity index (χ1) is 12.4. The Bertz CT molecular complexity index is 951. The summed E-state index contributed by atoms with van der Waals surface area (Å²) in [5.74, 6) is 0.732. The Balaban J connectivity index is 1.72. The van der Waals surface area contributed by atoms with Gasteiger partial charge in [-0.25, -0.2) is 8.42 Å². The summed E-state index contributed by atoms with van der Waals surface area (Å²) in [6, 6.07) is 17.5. The van der Waals surface area contributed by atoms with E-state index < -0.39 is 10.0 Å². The van der Waals surface area contributed by atoms with Gasteiger partial charge in [0.1, 0.15) is 0 Å². The Labute approximate surface area is 153 Å². The minimum atomic E-state index is -3.39. The highest BCUT2D eigenvalue weighted by molar-refractivity contribution is 7.88. The number of nitrogens with zero attached hydrogens (tertiary/aromatic N) is 3. The van der Waals surface area contributed by atoms with Gasteiger partial charge in [0.2, 0.25) is 21.7 Å². The third-order valence-corrected chi connectivity index (χ3v) is 5.30. The first-order valence-corrected chi connectivity index (χ1v) is 10.2. The van der Waals surface area contributed by atoms with Crippen molar-refractivity contribution < 1.29 is 12.9 Å². The average Bonchev–Trinajstić information content (AvgIpc) is 3.08. The van der Waals surface area contributed by atoms with Crippen molar-refractivity contribution in [1.29, 1.82) is 0 Å². The predicted octanol–water partition coefficient (Wildman–Crippen LogP) is 3.05. The van der Waals surface area contributed by atoms with Gasteiger partial charge in [0.25, 0.3) is 0 Å². The molecule has 0 saturated carbocycles. The summed E-state index contributed by atoms with van der Waals surface area (Å²) in [6.45, 7) is 2.41. The molecule has 0 N–H and O–H groups in total. The van der Waals surface area contributed by atoms with E-state index in [-0.39, 0.29) is 12.4 Å². The van der Waals surface area contributed by atoms with E-state index in [0.29, 0.717) is 18.8 Å². The van der Waals surface area contributed by atoms with Crippen LogP contribution in [0.4, 0.5) is 0 Å². The van der Waals surface area contributed by atoms with Crippen molar-refractivity contribution >= 4 is 10.0 Å². The standard InChI is InChI=1S/C19H21N3O3S/c1-15-8-10-17(11-9-15)19-20-18(25-21-19)14-22(26(2,23)24)13-12-16-6-4-3-5-7-16/h3-11H,12-14H2,1-2H3. The van der Waals surface area contributed by atoms with E-state index >= 15 is 0 Å². The van der Waals surface area contributed by atoms with Gasteiger partial charge in [-0.05, 0) is 18.9 Å². The van der Waals surface area contributed by atoms with Gasteiger partial charge in [0.15, 0.2) is 0 Å². The molecule has 3 aromatic rings. The Morgan fingerprint density at radius 2 is 1.73 bits per heavy atom. The Morgan fingerprint density at radius 3 is 2.38 bits per heavy atom. The monoisotopic (exact) mass is 371 g/mol. The van der Waals surface area contributed by atoms with Gasteiger partial charge >= 0.3 is 0 Å². The van der Waals surface area contributed by atoms with E-state index in [1.807, 2.05) is 61.5 Å². The normalized spacial score (nSPS) is 11.8. The van der Waals surface area contributed by atoms with Gasteiger partial charge in [-0.1, -0.05) is 65.3 Å². The van der Waals surface area contributed by atoms with Crippen LogP contribution in [-0.4, -0.2) is 35.7 Å². The molecule has 1 heterocycles. The van der Waals surface area contributed by atoms with E-state index in [1.165, 1.54) is 10.6 Å². The molecule has 3 rings (SSSR count). The number of rotatable bonds is 7. The van der Waals surface area contributed by atoms with Gasteiger partial charge in [0, 0.05) is 12.1 Å². The smallest absolute Gasteiger partial charge is 0.242 e. The number of aryl methyl sites for hydroxylation is 1. The third kappa shape index (κ3) is 4.77. The molecule has 0 aliphatic carbocycles. The molecule has 2 aromatic carbocycles. The average molecular weight is 371 g/mol. The molecular formula is C19H21N3O3S.